The molecule has 0 amide bonds. The van der Waals surface area contributed by atoms with E-state index in [-0.39, 0.29) is 18.3 Å². The second-order valence-corrected chi connectivity index (χ2v) is 9.19. The zero-order chi connectivity index (χ0) is 21.3. The predicted octanol–water partition coefficient (Wildman–Crippen LogP) is 3.93. The molecule has 0 saturated carbocycles. The van der Waals surface area contributed by atoms with Crippen molar-refractivity contribution in [2.24, 2.45) is 0 Å². The maximum Gasteiger partial charge on any atom is 0.264 e. The molecule has 1 atom stereocenters. The van der Waals surface area contributed by atoms with Gasteiger partial charge in [-0.25, -0.2) is 12.8 Å². The molecule has 2 heterocycles. The van der Waals surface area contributed by atoms with Gasteiger partial charge in [0.15, 0.2) is 12.4 Å². The zero-order valence-electron chi connectivity index (χ0n) is 16.7. The molecule has 1 saturated heterocycles. The monoisotopic (exact) mass is 431 g/mol. The van der Waals surface area contributed by atoms with Gasteiger partial charge in [-0.2, -0.15) is 9.29 Å². The summed E-state index contributed by atoms with van der Waals surface area (Å²) in [5, 5.41) is 3.99. The van der Waals surface area contributed by atoms with Gasteiger partial charge in [-0.15, -0.1) is 0 Å². The van der Waals surface area contributed by atoms with Crippen molar-refractivity contribution >= 4 is 10.0 Å². The number of nitrogens with zero attached hydrogens (tertiary/aromatic N) is 3. The highest BCUT2D eigenvalue weighted by molar-refractivity contribution is 7.89. The van der Waals surface area contributed by atoms with E-state index in [2.05, 4.69) is 10.1 Å². The number of rotatable bonds is 6. The predicted molar refractivity (Wildman–Crippen MR) is 107 cm³/mol. The van der Waals surface area contributed by atoms with Crippen LogP contribution in [-0.4, -0.2) is 29.4 Å². The van der Waals surface area contributed by atoms with Crippen molar-refractivity contribution in [3.05, 3.63) is 71.1 Å². The first-order valence-electron chi connectivity index (χ1n) is 9.64. The molecule has 2 aromatic carbocycles. The van der Waals surface area contributed by atoms with Gasteiger partial charge in [0.25, 0.3) is 5.89 Å². The first-order chi connectivity index (χ1) is 14.3. The lowest BCUT2D eigenvalue weighted by atomic mass is 10.2. The third kappa shape index (κ3) is 4.08. The average Bonchev–Trinajstić information content (AvgIpc) is 3.39. The highest BCUT2D eigenvalue weighted by atomic mass is 32.2. The van der Waals surface area contributed by atoms with E-state index in [1.165, 1.54) is 28.6 Å². The molecule has 9 heteroatoms. The van der Waals surface area contributed by atoms with Crippen LogP contribution < -0.4 is 4.74 Å². The van der Waals surface area contributed by atoms with Crippen LogP contribution in [0.15, 0.2) is 51.9 Å². The van der Waals surface area contributed by atoms with E-state index in [9.17, 15) is 12.8 Å². The van der Waals surface area contributed by atoms with Crippen LogP contribution in [0.25, 0.3) is 0 Å². The molecule has 1 aromatic heterocycles. The summed E-state index contributed by atoms with van der Waals surface area (Å²) in [7, 11) is -3.69. The highest BCUT2D eigenvalue weighted by Crippen LogP contribution is 2.36. The Balaban J connectivity index is 1.52. The molecule has 0 bridgehead atoms. The van der Waals surface area contributed by atoms with Crippen LogP contribution in [0.4, 0.5) is 4.39 Å². The molecule has 1 unspecified atom stereocenters. The zero-order valence-corrected chi connectivity index (χ0v) is 17.5. The Morgan fingerprint density at radius 2 is 1.97 bits per heavy atom. The fourth-order valence-electron chi connectivity index (χ4n) is 3.54. The van der Waals surface area contributed by atoms with Gasteiger partial charge in [0.2, 0.25) is 10.0 Å². The van der Waals surface area contributed by atoms with Gasteiger partial charge < -0.3 is 9.26 Å². The van der Waals surface area contributed by atoms with Crippen LogP contribution >= 0.6 is 0 Å². The van der Waals surface area contributed by atoms with Gasteiger partial charge in [0.05, 0.1) is 10.9 Å². The third-order valence-corrected chi connectivity index (χ3v) is 7.14. The molecule has 4 rings (SSSR count). The number of aryl methyl sites for hydroxylation is 2. The third-order valence-electron chi connectivity index (χ3n) is 5.09. The summed E-state index contributed by atoms with van der Waals surface area (Å²) in [6.45, 7) is 4.06. The Hall–Kier alpha value is -2.78. The Morgan fingerprint density at radius 3 is 2.73 bits per heavy atom. The normalized spacial score (nSPS) is 17.4. The van der Waals surface area contributed by atoms with Crippen molar-refractivity contribution in [1.82, 2.24) is 14.4 Å². The minimum Gasteiger partial charge on any atom is -0.484 e. The second kappa shape index (κ2) is 8.16. The van der Waals surface area contributed by atoms with E-state index in [4.69, 9.17) is 9.26 Å². The van der Waals surface area contributed by atoms with Crippen LogP contribution in [0, 0.1) is 19.7 Å². The summed E-state index contributed by atoms with van der Waals surface area (Å²) in [4.78, 5) is 4.64. The summed E-state index contributed by atoms with van der Waals surface area (Å²) in [5.74, 6) is 0.661. The quantitative estimate of drug-likeness (QED) is 0.588. The Kier molecular flexibility index (Phi) is 5.57. The fraction of sp³-hybridized carbons (Fsp3) is 0.333. The van der Waals surface area contributed by atoms with E-state index in [0.717, 1.165) is 5.56 Å². The number of sulfonamides is 1. The first-order valence-corrected chi connectivity index (χ1v) is 11.1. The van der Waals surface area contributed by atoms with Crippen LogP contribution in [0.3, 0.4) is 0 Å². The molecule has 158 valence electrons. The lowest BCUT2D eigenvalue weighted by molar-refractivity contribution is 0.241. The molecule has 1 fully saturated rings. The van der Waals surface area contributed by atoms with Crippen LogP contribution in [0.1, 0.15) is 41.7 Å². The van der Waals surface area contributed by atoms with Crippen molar-refractivity contribution in [3.8, 4) is 5.75 Å². The number of ether oxygens (including phenoxy) is 1. The lowest BCUT2D eigenvalue weighted by Crippen LogP contribution is -2.31. The van der Waals surface area contributed by atoms with E-state index >= 15 is 0 Å². The van der Waals surface area contributed by atoms with E-state index in [1.54, 1.807) is 13.0 Å². The van der Waals surface area contributed by atoms with Crippen molar-refractivity contribution in [2.45, 2.75) is 44.2 Å². The molecule has 0 aliphatic carbocycles. The van der Waals surface area contributed by atoms with Gasteiger partial charge in [0.1, 0.15) is 11.6 Å². The minimum atomic E-state index is -3.69. The smallest absolute Gasteiger partial charge is 0.264 e. The van der Waals surface area contributed by atoms with Gasteiger partial charge in [-0.3, -0.25) is 0 Å². The summed E-state index contributed by atoms with van der Waals surface area (Å²) in [6.07, 6.45) is 1.33. The summed E-state index contributed by atoms with van der Waals surface area (Å²) in [5.41, 5.74) is 1.59. The number of benzene rings is 2. The molecule has 0 radical (unpaired) electrons. The van der Waals surface area contributed by atoms with Gasteiger partial charge in [-0.1, -0.05) is 17.3 Å². The Labute approximate surface area is 174 Å². The van der Waals surface area contributed by atoms with E-state index in [0.29, 0.717) is 41.4 Å². The largest absolute Gasteiger partial charge is 0.484 e. The molecule has 7 nitrogen and oxygen atoms in total. The van der Waals surface area contributed by atoms with Gasteiger partial charge >= 0.3 is 0 Å². The molecular formula is C21H22FN3O4S. The average molecular weight is 431 g/mol. The minimum absolute atomic E-state index is 0.00902. The number of halogens is 1. The first kappa shape index (κ1) is 20.5. The molecule has 0 N–H and O–H groups in total. The van der Waals surface area contributed by atoms with Crippen molar-refractivity contribution in [1.29, 1.82) is 0 Å². The molecule has 0 spiro atoms. The Morgan fingerprint density at radius 1 is 1.20 bits per heavy atom. The fourth-order valence-corrected chi connectivity index (χ4v) is 5.50. The van der Waals surface area contributed by atoms with Crippen molar-refractivity contribution in [2.75, 3.05) is 6.54 Å². The van der Waals surface area contributed by atoms with Gasteiger partial charge in [-0.05, 0) is 68.1 Å². The topological polar surface area (TPSA) is 85.5 Å². The molecule has 1 aliphatic heterocycles. The van der Waals surface area contributed by atoms with Crippen molar-refractivity contribution in [3.63, 3.8) is 0 Å². The van der Waals surface area contributed by atoms with Crippen LogP contribution in [-0.2, 0) is 16.6 Å². The molecule has 3 aromatic rings. The number of hydrogen-bond acceptors (Lipinski definition) is 6. The summed E-state index contributed by atoms with van der Waals surface area (Å²) >= 11 is 0. The highest BCUT2D eigenvalue weighted by Gasteiger charge is 2.39. The Bertz CT molecular complexity index is 1150. The number of hydrogen-bond donors (Lipinski definition) is 0. The van der Waals surface area contributed by atoms with E-state index < -0.39 is 16.1 Å². The summed E-state index contributed by atoms with van der Waals surface area (Å²) in [6, 6.07) is 10.5. The van der Waals surface area contributed by atoms with Crippen molar-refractivity contribution < 1.29 is 22.1 Å². The summed E-state index contributed by atoms with van der Waals surface area (Å²) < 4.78 is 51.8. The molecule has 1 aliphatic rings. The van der Waals surface area contributed by atoms with Gasteiger partial charge in [0, 0.05) is 6.54 Å². The maximum absolute atomic E-state index is 13.3. The standard InChI is InChI=1S/C21H22FN3O4S/c1-14-5-6-15(2)19(12-14)30(26,27)25-11-3-4-18(25)21-23-20(29-24-21)13-28-17-9-7-16(22)8-10-17/h5-10,12,18H,3-4,11,13H2,1-2H3. The SMILES string of the molecule is Cc1ccc(C)c(S(=O)(=O)N2CCCC2c2noc(COc3ccc(F)cc3)n2)c1. The van der Waals surface area contributed by atoms with E-state index in [1.807, 2.05) is 19.1 Å². The number of aromatic nitrogens is 2. The lowest BCUT2D eigenvalue weighted by Gasteiger charge is -2.23. The molecular weight excluding hydrogens is 409 g/mol. The maximum atomic E-state index is 13.3. The van der Waals surface area contributed by atoms with Crippen LogP contribution in [0.5, 0.6) is 5.75 Å². The van der Waals surface area contributed by atoms with Crippen LogP contribution in [0.2, 0.25) is 0 Å². The second-order valence-electron chi connectivity index (χ2n) is 7.33. The molecule has 30 heavy (non-hydrogen) atoms.